The van der Waals surface area contributed by atoms with Crippen LogP contribution in [0.15, 0.2) is 12.4 Å². The van der Waals surface area contributed by atoms with E-state index in [1.165, 1.54) is 11.3 Å². The third-order valence-corrected chi connectivity index (χ3v) is 2.47. The molecule has 0 aliphatic carbocycles. The van der Waals surface area contributed by atoms with Gasteiger partial charge in [-0.3, -0.25) is 4.40 Å². The molecule has 0 atom stereocenters. The van der Waals surface area contributed by atoms with Crippen molar-refractivity contribution in [1.29, 1.82) is 0 Å². The summed E-state index contributed by atoms with van der Waals surface area (Å²) in [6.45, 7) is 1.88. The summed E-state index contributed by atoms with van der Waals surface area (Å²) < 4.78 is 1.73. The molecule has 2 aromatic heterocycles. The van der Waals surface area contributed by atoms with E-state index in [2.05, 4.69) is 4.98 Å². The number of carbonyl (C=O) groups is 1. The number of thiazole rings is 1. The molecular formula is C7H6N2O2S. The highest BCUT2D eigenvalue weighted by Gasteiger charge is 2.09. The van der Waals surface area contributed by atoms with Crippen LogP contribution in [0, 0.1) is 6.92 Å². The minimum atomic E-state index is -0.900. The molecule has 0 aliphatic heterocycles. The molecule has 0 saturated heterocycles. The zero-order chi connectivity index (χ0) is 8.72. The second-order valence-corrected chi connectivity index (χ2v) is 3.48. The molecule has 0 unspecified atom stereocenters. The quantitative estimate of drug-likeness (QED) is 0.725. The van der Waals surface area contributed by atoms with E-state index >= 15 is 0 Å². The standard InChI is InChI=1S/C7H6N2O2S/c1-4-2-9-3-5(6(10)11)12-7(9)8-4/h2-3H,1H3,(H,10,11). The maximum absolute atomic E-state index is 10.5. The van der Waals surface area contributed by atoms with Crippen LogP contribution in [0.4, 0.5) is 0 Å². The van der Waals surface area contributed by atoms with Crippen LogP contribution in [0.2, 0.25) is 0 Å². The first-order chi connectivity index (χ1) is 5.66. The first kappa shape index (κ1) is 7.30. The van der Waals surface area contributed by atoms with Crippen molar-refractivity contribution in [2.24, 2.45) is 0 Å². The van der Waals surface area contributed by atoms with Gasteiger partial charge in [0.2, 0.25) is 0 Å². The molecule has 0 fully saturated rings. The van der Waals surface area contributed by atoms with Gasteiger partial charge in [0.05, 0.1) is 5.69 Å². The van der Waals surface area contributed by atoms with Crippen LogP contribution in [0.1, 0.15) is 15.4 Å². The summed E-state index contributed by atoms with van der Waals surface area (Å²) in [7, 11) is 0. The van der Waals surface area contributed by atoms with Crippen LogP contribution in [0.5, 0.6) is 0 Å². The number of carboxylic acids is 1. The Morgan fingerprint density at radius 3 is 3.00 bits per heavy atom. The summed E-state index contributed by atoms with van der Waals surface area (Å²) in [6.07, 6.45) is 3.38. The van der Waals surface area contributed by atoms with Gasteiger partial charge in [-0.15, -0.1) is 0 Å². The Balaban J connectivity index is 2.64. The smallest absolute Gasteiger partial charge is 0.347 e. The predicted molar refractivity (Wildman–Crippen MR) is 44.8 cm³/mol. The molecule has 0 bridgehead atoms. The van der Waals surface area contributed by atoms with Crippen molar-refractivity contribution in [1.82, 2.24) is 9.38 Å². The van der Waals surface area contributed by atoms with Crippen molar-refractivity contribution in [2.45, 2.75) is 6.92 Å². The Bertz CT molecular complexity index is 412. The van der Waals surface area contributed by atoms with Gasteiger partial charge in [-0.25, -0.2) is 9.78 Å². The number of hydrogen-bond acceptors (Lipinski definition) is 3. The monoisotopic (exact) mass is 182 g/mol. The third kappa shape index (κ3) is 0.984. The zero-order valence-corrected chi connectivity index (χ0v) is 7.13. The molecule has 2 rings (SSSR count). The largest absolute Gasteiger partial charge is 0.477 e. The lowest BCUT2D eigenvalue weighted by atomic mass is 10.5. The van der Waals surface area contributed by atoms with Crippen molar-refractivity contribution in [3.05, 3.63) is 23.0 Å². The van der Waals surface area contributed by atoms with Gasteiger partial charge in [-0.05, 0) is 6.92 Å². The molecule has 62 valence electrons. The average Bonchev–Trinajstić information content (AvgIpc) is 2.42. The molecule has 1 N–H and O–H groups in total. The number of rotatable bonds is 1. The molecule has 5 heteroatoms. The van der Waals surface area contributed by atoms with Gasteiger partial charge in [0.25, 0.3) is 0 Å². The lowest BCUT2D eigenvalue weighted by molar-refractivity contribution is 0.0702. The minimum Gasteiger partial charge on any atom is -0.477 e. The summed E-state index contributed by atoms with van der Waals surface area (Å²) in [5, 5.41) is 8.64. The number of aryl methyl sites for hydroxylation is 1. The van der Waals surface area contributed by atoms with Gasteiger partial charge < -0.3 is 5.11 Å². The first-order valence-electron chi connectivity index (χ1n) is 3.35. The molecule has 0 saturated carbocycles. The van der Waals surface area contributed by atoms with E-state index in [4.69, 9.17) is 5.11 Å². The number of nitrogens with zero attached hydrogens (tertiary/aromatic N) is 2. The van der Waals surface area contributed by atoms with Gasteiger partial charge in [0.1, 0.15) is 4.88 Å². The van der Waals surface area contributed by atoms with Crippen LogP contribution in [-0.4, -0.2) is 20.5 Å². The van der Waals surface area contributed by atoms with E-state index in [-0.39, 0.29) is 0 Å². The first-order valence-corrected chi connectivity index (χ1v) is 4.17. The Hall–Kier alpha value is -1.36. The number of imidazole rings is 1. The highest BCUT2D eigenvalue weighted by molar-refractivity contribution is 7.18. The maximum atomic E-state index is 10.5. The maximum Gasteiger partial charge on any atom is 0.347 e. The van der Waals surface area contributed by atoms with Crippen molar-refractivity contribution < 1.29 is 9.90 Å². The fraction of sp³-hybridized carbons (Fsp3) is 0.143. The van der Waals surface area contributed by atoms with Crippen LogP contribution in [-0.2, 0) is 0 Å². The SMILES string of the molecule is Cc1cn2cc(C(=O)O)sc2n1. The lowest BCUT2D eigenvalue weighted by Crippen LogP contribution is -1.90. The molecule has 0 amide bonds. The van der Waals surface area contributed by atoms with E-state index in [0.717, 1.165) is 10.7 Å². The van der Waals surface area contributed by atoms with E-state index in [1.807, 2.05) is 6.92 Å². The predicted octanol–water partition coefficient (Wildman–Crippen LogP) is 1.40. The molecule has 12 heavy (non-hydrogen) atoms. The number of fused-ring (bicyclic) bond motifs is 1. The minimum absolute atomic E-state index is 0.317. The molecule has 4 nitrogen and oxygen atoms in total. The Kier molecular flexibility index (Phi) is 1.41. The summed E-state index contributed by atoms with van der Waals surface area (Å²) in [6, 6.07) is 0. The normalized spacial score (nSPS) is 10.8. The molecule has 0 spiro atoms. The van der Waals surface area contributed by atoms with E-state index in [9.17, 15) is 4.79 Å². The Labute approximate surface area is 72.1 Å². The van der Waals surface area contributed by atoms with Crippen LogP contribution in [0.25, 0.3) is 4.96 Å². The molecular weight excluding hydrogens is 176 g/mol. The highest BCUT2D eigenvalue weighted by atomic mass is 32.1. The number of aromatic carboxylic acids is 1. The second kappa shape index (κ2) is 2.31. The summed E-state index contributed by atoms with van der Waals surface area (Å²) in [5.41, 5.74) is 0.901. The van der Waals surface area contributed by atoms with Crippen molar-refractivity contribution >= 4 is 22.3 Å². The average molecular weight is 182 g/mol. The van der Waals surface area contributed by atoms with Gasteiger partial charge in [-0.2, -0.15) is 0 Å². The Morgan fingerprint density at radius 1 is 1.67 bits per heavy atom. The van der Waals surface area contributed by atoms with Gasteiger partial charge in [-0.1, -0.05) is 11.3 Å². The highest BCUT2D eigenvalue weighted by Crippen LogP contribution is 2.17. The molecule has 2 aromatic rings. The second-order valence-electron chi connectivity index (χ2n) is 2.47. The number of hydrogen-bond donors (Lipinski definition) is 1. The van der Waals surface area contributed by atoms with Crippen molar-refractivity contribution in [3.8, 4) is 0 Å². The van der Waals surface area contributed by atoms with E-state index in [1.54, 1.807) is 16.8 Å². The van der Waals surface area contributed by atoms with E-state index in [0.29, 0.717) is 4.88 Å². The molecule has 0 aromatic carbocycles. The van der Waals surface area contributed by atoms with Crippen molar-refractivity contribution in [3.63, 3.8) is 0 Å². The summed E-state index contributed by atoms with van der Waals surface area (Å²) in [5.74, 6) is -0.900. The van der Waals surface area contributed by atoms with E-state index < -0.39 is 5.97 Å². The number of carboxylic acid groups (broad SMARTS) is 1. The van der Waals surface area contributed by atoms with Gasteiger partial charge >= 0.3 is 5.97 Å². The fourth-order valence-corrected chi connectivity index (χ4v) is 1.86. The zero-order valence-electron chi connectivity index (χ0n) is 6.31. The molecule has 0 radical (unpaired) electrons. The lowest BCUT2D eigenvalue weighted by Gasteiger charge is -1.80. The third-order valence-electron chi connectivity index (χ3n) is 1.49. The number of aromatic nitrogens is 2. The summed E-state index contributed by atoms with van der Waals surface area (Å²) in [4.78, 5) is 15.7. The van der Waals surface area contributed by atoms with Crippen LogP contribution < -0.4 is 0 Å². The van der Waals surface area contributed by atoms with Crippen molar-refractivity contribution in [2.75, 3.05) is 0 Å². The van der Waals surface area contributed by atoms with Gasteiger partial charge in [0, 0.05) is 12.4 Å². The van der Waals surface area contributed by atoms with Gasteiger partial charge in [0.15, 0.2) is 4.96 Å². The topological polar surface area (TPSA) is 54.6 Å². The molecule has 2 heterocycles. The summed E-state index contributed by atoms with van der Waals surface area (Å²) >= 11 is 1.18. The van der Waals surface area contributed by atoms with Crippen LogP contribution in [0.3, 0.4) is 0 Å². The van der Waals surface area contributed by atoms with Crippen LogP contribution >= 0.6 is 11.3 Å². The molecule has 0 aliphatic rings. The Morgan fingerprint density at radius 2 is 2.42 bits per heavy atom. The fourth-order valence-electron chi connectivity index (χ4n) is 1.01.